The molecule has 158 valence electrons. The Morgan fingerprint density at radius 2 is 1.50 bits per heavy atom. The van der Waals surface area contributed by atoms with Gasteiger partial charge in [0.25, 0.3) is 0 Å². The zero-order valence-corrected chi connectivity index (χ0v) is 16.4. The van der Waals surface area contributed by atoms with Gasteiger partial charge in [0.05, 0.1) is 0 Å². The Hall–Kier alpha value is -3.16. The molecular weight excluding hydrogens is 396 g/mol. The summed E-state index contributed by atoms with van der Waals surface area (Å²) in [6.45, 7) is 2.15. The Balaban J connectivity index is 1.79. The number of hydrogen-bond donors (Lipinski definition) is 2. The van der Waals surface area contributed by atoms with E-state index >= 15 is 0 Å². The lowest BCUT2D eigenvalue weighted by atomic mass is 10.1. The first-order chi connectivity index (χ1) is 14.3. The largest absolute Gasteiger partial charge is 0.421 e. The van der Waals surface area contributed by atoms with E-state index in [9.17, 15) is 17.6 Å². The fraction of sp³-hybridized carbons (Fsp3) is 0.273. The fourth-order valence-electron chi connectivity index (χ4n) is 2.88. The molecule has 8 heteroatoms. The van der Waals surface area contributed by atoms with Crippen LogP contribution in [0.25, 0.3) is 0 Å². The van der Waals surface area contributed by atoms with Crippen LogP contribution in [0.4, 0.5) is 40.7 Å². The molecule has 0 aliphatic rings. The van der Waals surface area contributed by atoms with Gasteiger partial charge in [0.2, 0.25) is 5.95 Å². The number of nitrogens with zero attached hydrogens (tertiary/aromatic N) is 2. The molecule has 1 aromatic heterocycles. The van der Waals surface area contributed by atoms with Crippen molar-refractivity contribution in [1.29, 1.82) is 0 Å². The van der Waals surface area contributed by atoms with Gasteiger partial charge in [-0.1, -0.05) is 31.9 Å². The van der Waals surface area contributed by atoms with Crippen molar-refractivity contribution in [2.45, 2.75) is 38.8 Å². The third kappa shape index (κ3) is 5.92. The molecule has 1 heterocycles. The van der Waals surface area contributed by atoms with Crippen molar-refractivity contribution in [3.05, 3.63) is 71.7 Å². The number of rotatable bonds is 8. The van der Waals surface area contributed by atoms with Gasteiger partial charge in [0.1, 0.15) is 17.2 Å². The van der Waals surface area contributed by atoms with Gasteiger partial charge < -0.3 is 10.6 Å². The van der Waals surface area contributed by atoms with Crippen LogP contribution in [0.5, 0.6) is 0 Å². The zero-order valence-electron chi connectivity index (χ0n) is 16.4. The van der Waals surface area contributed by atoms with Crippen molar-refractivity contribution < 1.29 is 17.6 Å². The molecule has 0 atom stereocenters. The molecule has 0 spiro atoms. The number of anilines is 4. The Bertz CT molecular complexity index is 954. The van der Waals surface area contributed by atoms with E-state index in [0.717, 1.165) is 37.6 Å². The van der Waals surface area contributed by atoms with Crippen LogP contribution in [-0.4, -0.2) is 9.97 Å². The van der Waals surface area contributed by atoms with Crippen LogP contribution in [0.1, 0.15) is 37.3 Å². The standard InChI is InChI=1S/C22H22F4N4/c1-2-3-4-5-15-6-10-18(11-7-15)29-21-27-14-19(22(24,25)26)20(30-21)28-17-12-8-16(23)9-13-17/h6-14H,2-5H2,1H3,(H2,27,28,29,30). The van der Waals surface area contributed by atoms with E-state index in [-0.39, 0.29) is 11.6 Å². The number of aromatic nitrogens is 2. The minimum Gasteiger partial charge on any atom is -0.340 e. The summed E-state index contributed by atoms with van der Waals surface area (Å²) in [5.74, 6) is -0.881. The number of alkyl halides is 3. The maximum absolute atomic E-state index is 13.3. The summed E-state index contributed by atoms with van der Waals surface area (Å²) in [5.41, 5.74) is 1.13. The van der Waals surface area contributed by atoms with E-state index in [1.165, 1.54) is 24.1 Å². The summed E-state index contributed by atoms with van der Waals surface area (Å²) in [7, 11) is 0. The van der Waals surface area contributed by atoms with Crippen molar-refractivity contribution in [2.24, 2.45) is 0 Å². The summed E-state index contributed by atoms with van der Waals surface area (Å²) in [5, 5.41) is 5.52. The summed E-state index contributed by atoms with van der Waals surface area (Å²) in [6, 6.07) is 12.6. The van der Waals surface area contributed by atoms with Gasteiger partial charge in [-0.2, -0.15) is 18.2 Å². The highest BCUT2D eigenvalue weighted by Gasteiger charge is 2.35. The van der Waals surface area contributed by atoms with Crippen molar-refractivity contribution in [2.75, 3.05) is 10.6 Å². The van der Waals surface area contributed by atoms with Crippen LogP contribution < -0.4 is 10.6 Å². The highest BCUT2D eigenvalue weighted by atomic mass is 19.4. The third-order valence-corrected chi connectivity index (χ3v) is 4.48. The number of aryl methyl sites for hydroxylation is 1. The van der Waals surface area contributed by atoms with Crippen LogP contribution in [0, 0.1) is 5.82 Å². The van der Waals surface area contributed by atoms with Gasteiger partial charge in [-0.3, -0.25) is 0 Å². The second-order valence-corrected chi connectivity index (χ2v) is 6.86. The molecule has 2 aromatic carbocycles. The lowest BCUT2D eigenvalue weighted by molar-refractivity contribution is -0.137. The van der Waals surface area contributed by atoms with E-state index in [0.29, 0.717) is 5.69 Å². The quantitative estimate of drug-likeness (QED) is 0.310. The van der Waals surface area contributed by atoms with Gasteiger partial charge in [-0.05, 0) is 54.8 Å². The Morgan fingerprint density at radius 3 is 2.13 bits per heavy atom. The normalized spacial score (nSPS) is 11.4. The van der Waals surface area contributed by atoms with Crippen LogP contribution in [0.2, 0.25) is 0 Å². The van der Waals surface area contributed by atoms with E-state index in [4.69, 9.17) is 0 Å². The first-order valence-electron chi connectivity index (χ1n) is 9.68. The van der Waals surface area contributed by atoms with Crippen LogP contribution in [-0.2, 0) is 12.6 Å². The number of hydrogen-bond acceptors (Lipinski definition) is 4. The summed E-state index contributed by atoms with van der Waals surface area (Å²) in [4.78, 5) is 7.79. The maximum Gasteiger partial charge on any atom is 0.421 e. The number of halogens is 4. The Kier molecular flexibility index (Phi) is 6.87. The number of benzene rings is 2. The molecule has 0 amide bonds. The lowest BCUT2D eigenvalue weighted by Crippen LogP contribution is -2.12. The molecule has 0 aliphatic carbocycles. The van der Waals surface area contributed by atoms with Crippen molar-refractivity contribution in [3.8, 4) is 0 Å². The topological polar surface area (TPSA) is 49.8 Å². The average Bonchev–Trinajstić information content (AvgIpc) is 2.70. The molecule has 30 heavy (non-hydrogen) atoms. The SMILES string of the molecule is CCCCCc1ccc(Nc2ncc(C(F)(F)F)c(Nc3ccc(F)cc3)n2)cc1. The van der Waals surface area contributed by atoms with E-state index in [1.54, 1.807) is 0 Å². The Labute approximate surface area is 172 Å². The predicted octanol–water partition coefficient (Wildman–Crippen LogP) is 6.85. The van der Waals surface area contributed by atoms with Crippen molar-refractivity contribution >= 4 is 23.1 Å². The lowest BCUT2D eigenvalue weighted by Gasteiger charge is -2.15. The van der Waals surface area contributed by atoms with Crippen LogP contribution >= 0.6 is 0 Å². The smallest absolute Gasteiger partial charge is 0.340 e. The van der Waals surface area contributed by atoms with Gasteiger partial charge in [0, 0.05) is 17.6 Å². The Morgan fingerprint density at radius 1 is 0.867 bits per heavy atom. The summed E-state index contributed by atoms with van der Waals surface area (Å²) >= 11 is 0. The van der Waals surface area contributed by atoms with Crippen molar-refractivity contribution in [3.63, 3.8) is 0 Å². The fourth-order valence-corrected chi connectivity index (χ4v) is 2.88. The molecule has 4 nitrogen and oxygen atoms in total. The second-order valence-electron chi connectivity index (χ2n) is 6.86. The predicted molar refractivity (Wildman–Crippen MR) is 110 cm³/mol. The first kappa shape index (κ1) is 21.5. The molecule has 0 unspecified atom stereocenters. The van der Waals surface area contributed by atoms with Gasteiger partial charge in [0.15, 0.2) is 0 Å². The molecule has 0 saturated heterocycles. The van der Waals surface area contributed by atoms with Crippen molar-refractivity contribution in [1.82, 2.24) is 9.97 Å². The minimum absolute atomic E-state index is 0.0198. The molecule has 0 radical (unpaired) electrons. The van der Waals surface area contributed by atoms with E-state index in [1.807, 2.05) is 24.3 Å². The van der Waals surface area contributed by atoms with E-state index < -0.39 is 23.4 Å². The average molecular weight is 418 g/mol. The number of unbranched alkanes of at least 4 members (excludes halogenated alkanes) is 2. The molecule has 0 aliphatic heterocycles. The molecule has 2 N–H and O–H groups in total. The van der Waals surface area contributed by atoms with Gasteiger partial charge in [-0.15, -0.1) is 0 Å². The van der Waals surface area contributed by atoms with Gasteiger partial charge in [-0.25, -0.2) is 9.37 Å². The molecule has 0 fully saturated rings. The summed E-state index contributed by atoms with van der Waals surface area (Å²) < 4.78 is 53.1. The number of nitrogens with one attached hydrogen (secondary N) is 2. The monoisotopic (exact) mass is 418 g/mol. The molecule has 3 rings (SSSR count). The van der Waals surface area contributed by atoms with Gasteiger partial charge >= 0.3 is 6.18 Å². The first-order valence-corrected chi connectivity index (χ1v) is 9.68. The molecule has 3 aromatic rings. The molecule has 0 saturated carbocycles. The summed E-state index contributed by atoms with van der Waals surface area (Å²) in [6.07, 6.45) is 0.504. The minimum atomic E-state index is -4.64. The highest BCUT2D eigenvalue weighted by molar-refractivity contribution is 5.62. The van der Waals surface area contributed by atoms with Crippen LogP contribution in [0.15, 0.2) is 54.7 Å². The van der Waals surface area contributed by atoms with Crippen LogP contribution in [0.3, 0.4) is 0 Å². The maximum atomic E-state index is 13.3. The molecule has 0 bridgehead atoms. The second kappa shape index (κ2) is 9.56. The zero-order chi connectivity index (χ0) is 21.6. The highest BCUT2D eigenvalue weighted by Crippen LogP contribution is 2.35. The molecular formula is C22H22F4N4. The third-order valence-electron chi connectivity index (χ3n) is 4.48. The van der Waals surface area contributed by atoms with E-state index in [2.05, 4.69) is 27.5 Å².